The van der Waals surface area contributed by atoms with E-state index in [1.165, 1.54) is 0 Å². The third kappa shape index (κ3) is 5.52. The maximum atomic E-state index is 12.0. The lowest BCUT2D eigenvalue weighted by Crippen LogP contribution is -2.32. The van der Waals surface area contributed by atoms with Crippen LogP contribution in [-0.2, 0) is 9.47 Å². The highest BCUT2D eigenvalue weighted by Crippen LogP contribution is 2.37. The summed E-state index contributed by atoms with van der Waals surface area (Å²) < 4.78 is 15.5. The van der Waals surface area contributed by atoms with Gasteiger partial charge in [-0.1, -0.05) is 0 Å². The van der Waals surface area contributed by atoms with Crippen LogP contribution in [0.4, 0.5) is 23.0 Å². The largest absolute Gasteiger partial charge is 0.497 e. The van der Waals surface area contributed by atoms with Gasteiger partial charge in [-0.05, 0) is 31.2 Å². The number of aryl methyl sites for hydroxylation is 1. The van der Waals surface area contributed by atoms with Crippen LogP contribution in [0, 0.1) is 17.0 Å². The zero-order valence-electron chi connectivity index (χ0n) is 17.4. The van der Waals surface area contributed by atoms with Crippen molar-refractivity contribution in [3.05, 3.63) is 40.2 Å². The zero-order valence-corrected chi connectivity index (χ0v) is 17.4. The van der Waals surface area contributed by atoms with Gasteiger partial charge in [0.1, 0.15) is 11.6 Å². The molecule has 29 heavy (non-hydrogen) atoms. The number of nitro groups is 1. The van der Waals surface area contributed by atoms with Gasteiger partial charge in [0.15, 0.2) is 0 Å². The molecule has 0 atom stereocenters. The summed E-state index contributed by atoms with van der Waals surface area (Å²) in [5.74, 6) is 1.58. The van der Waals surface area contributed by atoms with Crippen LogP contribution < -0.4 is 14.5 Å². The first kappa shape index (κ1) is 22.3. The van der Waals surface area contributed by atoms with Crippen LogP contribution >= 0.6 is 0 Å². The van der Waals surface area contributed by atoms with Crippen LogP contribution in [-0.4, -0.2) is 69.6 Å². The first-order valence-corrected chi connectivity index (χ1v) is 9.06. The lowest BCUT2D eigenvalue weighted by molar-refractivity contribution is -0.383. The lowest BCUT2D eigenvalue weighted by Gasteiger charge is -2.25. The first-order chi connectivity index (χ1) is 13.9. The minimum atomic E-state index is -0.448. The predicted octanol–water partition coefficient (Wildman–Crippen LogP) is 2.57. The molecule has 10 nitrogen and oxygen atoms in total. The molecule has 1 aromatic carbocycles. The van der Waals surface area contributed by atoms with Crippen LogP contribution in [0.2, 0.25) is 0 Å². The molecule has 0 N–H and O–H groups in total. The Morgan fingerprint density at radius 1 is 1.00 bits per heavy atom. The van der Waals surface area contributed by atoms with Crippen molar-refractivity contribution in [2.45, 2.75) is 6.92 Å². The van der Waals surface area contributed by atoms with Gasteiger partial charge in [-0.25, -0.2) is 9.97 Å². The maximum Gasteiger partial charge on any atom is 0.354 e. The average molecular weight is 405 g/mol. The Morgan fingerprint density at radius 3 is 2.03 bits per heavy atom. The molecule has 0 radical (unpaired) electrons. The van der Waals surface area contributed by atoms with E-state index in [-0.39, 0.29) is 17.3 Å². The summed E-state index contributed by atoms with van der Waals surface area (Å²) in [6, 6.07) is 7.20. The van der Waals surface area contributed by atoms with Crippen LogP contribution in [0.1, 0.15) is 5.82 Å². The fraction of sp³-hybridized carbons (Fsp3) is 0.474. The summed E-state index contributed by atoms with van der Waals surface area (Å²) in [5, 5.41) is 12.0. The molecule has 0 aliphatic carbocycles. The molecule has 0 spiro atoms. The Bertz CT molecular complexity index is 807. The minimum Gasteiger partial charge on any atom is -0.497 e. The fourth-order valence-electron chi connectivity index (χ4n) is 2.81. The molecule has 0 saturated carbocycles. The van der Waals surface area contributed by atoms with E-state index in [2.05, 4.69) is 9.97 Å². The Morgan fingerprint density at radius 2 is 1.55 bits per heavy atom. The predicted molar refractivity (Wildman–Crippen MR) is 110 cm³/mol. The number of benzene rings is 1. The molecule has 0 bridgehead atoms. The Hall–Kier alpha value is -2.98. The molecule has 0 unspecified atom stereocenters. The molecule has 10 heteroatoms. The van der Waals surface area contributed by atoms with E-state index in [1.54, 1.807) is 57.2 Å². The van der Waals surface area contributed by atoms with E-state index in [4.69, 9.17) is 14.2 Å². The summed E-state index contributed by atoms with van der Waals surface area (Å²) in [6.45, 7) is 3.37. The van der Waals surface area contributed by atoms with Gasteiger partial charge in [-0.3, -0.25) is 10.1 Å². The van der Waals surface area contributed by atoms with Crippen LogP contribution in [0.5, 0.6) is 5.75 Å². The highest BCUT2D eigenvalue weighted by Gasteiger charge is 2.30. The Kier molecular flexibility index (Phi) is 8.10. The molecule has 2 aromatic rings. The number of rotatable bonds is 11. The Balaban J connectivity index is 2.55. The normalized spacial score (nSPS) is 10.7. The molecule has 1 heterocycles. The van der Waals surface area contributed by atoms with E-state index in [0.717, 1.165) is 5.69 Å². The third-order valence-corrected chi connectivity index (χ3v) is 4.35. The molecule has 0 saturated heterocycles. The average Bonchev–Trinajstić information content (AvgIpc) is 2.72. The number of anilines is 3. The number of ether oxygens (including phenoxy) is 3. The molecule has 158 valence electrons. The zero-order chi connectivity index (χ0) is 21.4. The van der Waals surface area contributed by atoms with Gasteiger partial charge < -0.3 is 24.0 Å². The van der Waals surface area contributed by atoms with Gasteiger partial charge in [0.25, 0.3) is 0 Å². The molecular formula is C19H27N5O5. The van der Waals surface area contributed by atoms with Gasteiger partial charge in [0, 0.05) is 40.0 Å². The standard InChI is InChI=1S/C19H27N5O5/c1-14-20-18(22(2)15-6-8-16(29-5)9-7-15)17(24(25)26)19(21-14)23(10-12-27-3)11-13-28-4/h6-9H,10-13H2,1-5H3. The number of aromatic nitrogens is 2. The van der Waals surface area contributed by atoms with Gasteiger partial charge >= 0.3 is 5.69 Å². The van der Waals surface area contributed by atoms with Crippen molar-refractivity contribution in [2.24, 2.45) is 0 Å². The number of nitrogens with zero attached hydrogens (tertiary/aromatic N) is 5. The monoisotopic (exact) mass is 405 g/mol. The van der Waals surface area contributed by atoms with Crippen molar-refractivity contribution in [3.8, 4) is 5.75 Å². The van der Waals surface area contributed by atoms with E-state index in [1.807, 2.05) is 12.1 Å². The number of hydrogen-bond acceptors (Lipinski definition) is 9. The van der Waals surface area contributed by atoms with E-state index in [9.17, 15) is 10.1 Å². The van der Waals surface area contributed by atoms with Crippen LogP contribution in [0.25, 0.3) is 0 Å². The molecular weight excluding hydrogens is 378 g/mol. The second kappa shape index (κ2) is 10.5. The van der Waals surface area contributed by atoms with Crippen molar-refractivity contribution in [1.29, 1.82) is 0 Å². The van der Waals surface area contributed by atoms with Gasteiger partial charge in [0.05, 0.1) is 25.2 Å². The smallest absolute Gasteiger partial charge is 0.354 e. The highest BCUT2D eigenvalue weighted by molar-refractivity contribution is 5.76. The van der Waals surface area contributed by atoms with E-state index in [0.29, 0.717) is 37.9 Å². The van der Waals surface area contributed by atoms with Crippen molar-refractivity contribution < 1.29 is 19.1 Å². The second-order valence-electron chi connectivity index (χ2n) is 6.25. The molecule has 1 aromatic heterocycles. The van der Waals surface area contributed by atoms with E-state index < -0.39 is 4.92 Å². The highest BCUT2D eigenvalue weighted by atomic mass is 16.6. The molecule has 0 fully saturated rings. The lowest BCUT2D eigenvalue weighted by atomic mass is 10.2. The van der Waals surface area contributed by atoms with Crippen LogP contribution in [0.15, 0.2) is 24.3 Å². The summed E-state index contributed by atoms with van der Waals surface area (Å²) in [6.07, 6.45) is 0. The van der Waals surface area contributed by atoms with Crippen LogP contribution in [0.3, 0.4) is 0 Å². The molecule has 0 amide bonds. The fourth-order valence-corrected chi connectivity index (χ4v) is 2.81. The van der Waals surface area contributed by atoms with Crippen molar-refractivity contribution in [3.63, 3.8) is 0 Å². The third-order valence-electron chi connectivity index (χ3n) is 4.35. The summed E-state index contributed by atoms with van der Waals surface area (Å²) in [7, 11) is 6.47. The first-order valence-electron chi connectivity index (χ1n) is 9.06. The molecule has 0 aliphatic heterocycles. The number of hydrogen-bond donors (Lipinski definition) is 0. The maximum absolute atomic E-state index is 12.0. The van der Waals surface area contributed by atoms with Crippen molar-refractivity contribution in [1.82, 2.24) is 9.97 Å². The quantitative estimate of drug-likeness (QED) is 0.412. The Labute approximate surface area is 170 Å². The van der Waals surface area contributed by atoms with Gasteiger partial charge in [-0.15, -0.1) is 0 Å². The van der Waals surface area contributed by atoms with Crippen molar-refractivity contribution >= 4 is 23.0 Å². The van der Waals surface area contributed by atoms with E-state index >= 15 is 0 Å². The number of methoxy groups -OCH3 is 3. The molecule has 2 rings (SSSR count). The van der Waals surface area contributed by atoms with Gasteiger partial charge in [0.2, 0.25) is 11.6 Å². The minimum absolute atomic E-state index is 0.166. The summed E-state index contributed by atoms with van der Waals surface area (Å²) in [4.78, 5) is 23.8. The topological polar surface area (TPSA) is 103 Å². The van der Waals surface area contributed by atoms with Crippen molar-refractivity contribution in [2.75, 3.05) is 64.5 Å². The summed E-state index contributed by atoms with van der Waals surface area (Å²) in [5.41, 5.74) is 0.569. The van der Waals surface area contributed by atoms with Gasteiger partial charge in [-0.2, -0.15) is 0 Å². The second-order valence-corrected chi connectivity index (χ2v) is 6.25. The summed E-state index contributed by atoms with van der Waals surface area (Å²) >= 11 is 0. The SMILES string of the molecule is COCCN(CCOC)c1nc(C)nc(N(C)c2ccc(OC)cc2)c1[N+](=O)[O-]. The molecule has 0 aliphatic rings.